The SMILES string of the molecule is O=C(/C=C/c1ccco1)NCCC(=O)Nc1ccc(NC(=O)N2CCCCCC2)cc1. The number of carbonyl (C=O) groups excluding carboxylic acids is 3. The molecular weight excluding hydrogens is 396 g/mol. The van der Waals surface area contributed by atoms with Gasteiger partial charge >= 0.3 is 6.03 Å². The van der Waals surface area contributed by atoms with Gasteiger partial charge in [0.1, 0.15) is 5.76 Å². The average Bonchev–Trinajstić information content (AvgIpc) is 3.13. The fourth-order valence-electron chi connectivity index (χ4n) is 3.24. The summed E-state index contributed by atoms with van der Waals surface area (Å²) < 4.78 is 5.10. The molecule has 0 saturated carbocycles. The molecule has 31 heavy (non-hydrogen) atoms. The van der Waals surface area contributed by atoms with E-state index in [1.165, 1.54) is 25.2 Å². The van der Waals surface area contributed by atoms with Gasteiger partial charge in [-0.15, -0.1) is 0 Å². The predicted molar refractivity (Wildman–Crippen MR) is 120 cm³/mol. The summed E-state index contributed by atoms with van der Waals surface area (Å²) in [6.07, 6.45) is 9.01. The zero-order valence-electron chi connectivity index (χ0n) is 17.4. The van der Waals surface area contributed by atoms with Gasteiger partial charge < -0.3 is 25.3 Å². The van der Waals surface area contributed by atoms with E-state index in [1.807, 2.05) is 4.90 Å². The molecule has 3 N–H and O–H groups in total. The van der Waals surface area contributed by atoms with Crippen LogP contribution in [0.2, 0.25) is 0 Å². The number of nitrogens with zero attached hydrogens (tertiary/aromatic N) is 1. The van der Waals surface area contributed by atoms with E-state index in [2.05, 4.69) is 16.0 Å². The molecule has 0 aliphatic carbocycles. The van der Waals surface area contributed by atoms with Crippen molar-refractivity contribution in [3.63, 3.8) is 0 Å². The summed E-state index contributed by atoms with van der Waals surface area (Å²) in [5, 5.41) is 8.33. The second-order valence-corrected chi connectivity index (χ2v) is 7.35. The van der Waals surface area contributed by atoms with Crippen molar-refractivity contribution in [2.45, 2.75) is 32.1 Å². The molecule has 4 amide bonds. The standard InChI is InChI=1S/C23H28N4O4/c28-21(12-11-20-6-5-17-31-20)24-14-13-22(29)25-18-7-9-19(10-8-18)26-23(30)27-15-3-1-2-4-16-27/h5-12,17H,1-4,13-16H2,(H,24,28)(H,25,29)(H,26,30)/b12-11+. The highest BCUT2D eigenvalue weighted by Gasteiger charge is 2.15. The average molecular weight is 425 g/mol. The highest BCUT2D eigenvalue weighted by molar-refractivity contribution is 5.94. The van der Waals surface area contributed by atoms with Gasteiger partial charge in [-0.05, 0) is 55.3 Å². The molecule has 8 heteroatoms. The van der Waals surface area contributed by atoms with Crippen molar-refractivity contribution < 1.29 is 18.8 Å². The Bertz CT molecular complexity index is 883. The number of benzene rings is 1. The maximum atomic E-state index is 12.4. The third-order valence-corrected chi connectivity index (χ3v) is 4.91. The number of carbonyl (C=O) groups is 3. The quantitative estimate of drug-likeness (QED) is 0.588. The Morgan fingerprint density at radius 1 is 0.935 bits per heavy atom. The highest BCUT2D eigenvalue weighted by atomic mass is 16.3. The van der Waals surface area contributed by atoms with Gasteiger partial charge in [0.2, 0.25) is 11.8 Å². The minimum absolute atomic E-state index is 0.0875. The third-order valence-electron chi connectivity index (χ3n) is 4.91. The number of hydrogen-bond acceptors (Lipinski definition) is 4. The molecule has 0 atom stereocenters. The first-order valence-corrected chi connectivity index (χ1v) is 10.6. The van der Waals surface area contributed by atoms with Crippen molar-refractivity contribution >= 4 is 35.3 Å². The van der Waals surface area contributed by atoms with Gasteiger partial charge in [0.05, 0.1) is 6.26 Å². The molecule has 1 aromatic carbocycles. The molecule has 8 nitrogen and oxygen atoms in total. The van der Waals surface area contributed by atoms with Crippen LogP contribution in [0, 0.1) is 0 Å². The lowest BCUT2D eigenvalue weighted by Gasteiger charge is -2.20. The van der Waals surface area contributed by atoms with Crippen molar-refractivity contribution in [2.75, 3.05) is 30.3 Å². The van der Waals surface area contributed by atoms with Gasteiger partial charge in [-0.2, -0.15) is 0 Å². The van der Waals surface area contributed by atoms with Gasteiger partial charge in [0.15, 0.2) is 0 Å². The van der Waals surface area contributed by atoms with E-state index in [1.54, 1.807) is 42.5 Å². The number of anilines is 2. The van der Waals surface area contributed by atoms with Crippen LogP contribution in [0.15, 0.2) is 53.2 Å². The van der Waals surface area contributed by atoms with Gasteiger partial charge in [0, 0.05) is 43.5 Å². The normalized spacial score (nSPS) is 14.1. The monoisotopic (exact) mass is 424 g/mol. The minimum atomic E-state index is -0.297. The van der Waals surface area contributed by atoms with E-state index < -0.39 is 0 Å². The van der Waals surface area contributed by atoms with Crippen LogP contribution in [0.25, 0.3) is 6.08 Å². The van der Waals surface area contributed by atoms with Crippen LogP contribution in [0.5, 0.6) is 0 Å². The van der Waals surface area contributed by atoms with E-state index in [9.17, 15) is 14.4 Å². The maximum Gasteiger partial charge on any atom is 0.321 e. The van der Waals surface area contributed by atoms with Crippen LogP contribution in [0.4, 0.5) is 16.2 Å². The molecule has 1 aliphatic rings. The number of furan rings is 1. The van der Waals surface area contributed by atoms with E-state index in [4.69, 9.17) is 4.42 Å². The first kappa shape index (κ1) is 22.1. The van der Waals surface area contributed by atoms with E-state index in [0.717, 1.165) is 25.9 Å². The summed E-state index contributed by atoms with van der Waals surface area (Å²) in [7, 11) is 0. The Morgan fingerprint density at radius 2 is 1.61 bits per heavy atom. The lowest BCUT2D eigenvalue weighted by atomic mass is 10.2. The molecule has 0 unspecified atom stereocenters. The molecule has 1 fully saturated rings. The van der Waals surface area contributed by atoms with Crippen molar-refractivity contribution in [3.8, 4) is 0 Å². The van der Waals surface area contributed by atoms with Crippen LogP contribution < -0.4 is 16.0 Å². The van der Waals surface area contributed by atoms with Gasteiger partial charge in [-0.3, -0.25) is 9.59 Å². The van der Waals surface area contributed by atoms with Crippen LogP contribution in [0.3, 0.4) is 0 Å². The predicted octanol–water partition coefficient (Wildman–Crippen LogP) is 3.85. The second kappa shape index (κ2) is 11.6. The molecular formula is C23H28N4O4. The molecule has 1 aliphatic heterocycles. The lowest BCUT2D eigenvalue weighted by molar-refractivity contribution is -0.117. The molecule has 2 aromatic rings. The molecule has 164 valence electrons. The van der Waals surface area contributed by atoms with Crippen molar-refractivity contribution in [1.82, 2.24) is 10.2 Å². The number of likely N-dealkylation sites (tertiary alicyclic amines) is 1. The Labute approximate surface area is 181 Å². The van der Waals surface area contributed by atoms with E-state index in [-0.39, 0.29) is 30.8 Å². The van der Waals surface area contributed by atoms with Crippen LogP contribution in [-0.4, -0.2) is 42.4 Å². The van der Waals surface area contributed by atoms with Gasteiger partial charge in [0.25, 0.3) is 0 Å². The van der Waals surface area contributed by atoms with Crippen LogP contribution in [0.1, 0.15) is 37.9 Å². The molecule has 2 heterocycles. The largest absolute Gasteiger partial charge is 0.465 e. The van der Waals surface area contributed by atoms with E-state index in [0.29, 0.717) is 17.1 Å². The third kappa shape index (κ3) is 7.65. The van der Waals surface area contributed by atoms with Gasteiger partial charge in [-0.25, -0.2) is 4.79 Å². The fraction of sp³-hybridized carbons (Fsp3) is 0.348. The maximum absolute atomic E-state index is 12.4. The Hall–Kier alpha value is -3.55. The highest BCUT2D eigenvalue weighted by Crippen LogP contribution is 2.16. The summed E-state index contributed by atoms with van der Waals surface area (Å²) >= 11 is 0. The van der Waals surface area contributed by atoms with Gasteiger partial charge in [-0.1, -0.05) is 12.8 Å². The summed E-state index contributed by atoms with van der Waals surface area (Å²) in [6, 6.07) is 10.4. The Balaban J connectivity index is 1.37. The molecule has 1 saturated heterocycles. The topological polar surface area (TPSA) is 104 Å². The Morgan fingerprint density at radius 3 is 2.26 bits per heavy atom. The zero-order chi connectivity index (χ0) is 21.9. The molecule has 3 rings (SSSR count). The summed E-state index contributed by atoms with van der Waals surface area (Å²) in [5.41, 5.74) is 1.31. The number of urea groups is 1. The number of amides is 4. The van der Waals surface area contributed by atoms with Crippen molar-refractivity contribution in [1.29, 1.82) is 0 Å². The van der Waals surface area contributed by atoms with Crippen molar-refractivity contribution in [3.05, 3.63) is 54.5 Å². The van der Waals surface area contributed by atoms with Crippen molar-refractivity contribution in [2.24, 2.45) is 0 Å². The smallest absolute Gasteiger partial charge is 0.321 e. The number of rotatable bonds is 7. The molecule has 0 bridgehead atoms. The van der Waals surface area contributed by atoms with E-state index >= 15 is 0 Å². The first-order valence-electron chi connectivity index (χ1n) is 10.6. The molecule has 1 aromatic heterocycles. The fourth-order valence-corrected chi connectivity index (χ4v) is 3.24. The summed E-state index contributed by atoms with van der Waals surface area (Å²) in [4.78, 5) is 38.0. The summed E-state index contributed by atoms with van der Waals surface area (Å²) in [6.45, 7) is 1.79. The molecule has 0 radical (unpaired) electrons. The lowest BCUT2D eigenvalue weighted by Crippen LogP contribution is -2.35. The first-order chi connectivity index (χ1) is 15.1. The summed E-state index contributed by atoms with van der Waals surface area (Å²) in [5.74, 6) is 0.0735. The number of nitrogens with one attached hydrogen (secondary N) is 3. The minimum Gasteiger partial charge on any atom is -0.465 e. The zero-order valence-corrected chi connectivity index (χ0v) is 17.4. The second-order valence-electron chi connectivity index (χ2n) is 7.35. The van der Waals surface area contributed by atoms with Crippen LogP contribution >= 0.6 is 0 Å². The Kier molecular flexibility index (Phi) is 8.28. The number of hydrogen-bond donors (Lipinski definition) is 3. The molecule has 0 spiro atoms. The van der Waals surface area contributed by atoms with Crippen LogP contribution in [-0.2, 0) is 9.59 Å².